The van der Waals surface area contributed by atoms with E-state index in [0.717, 1.165) is 44.9 Å². The minimum absolute atomic E-state index is 0.112. The first-order valence-electron chi connectivity index (χ1n) is 12.7. The van der Waals surface area contributed by atoms with E-state index in [-0.39, 0.29) is 22.5 Å². The molecular formula is C27H44O4. The van der Waals surface area contributed by atoms with Crippen molar-refractivity contribution in [2.75, 3.05) is 0 Å². The molecule has 4 aliphatic carbocycles. The second-order valence-corrected chi connectivity index (χ2v) is 12.5. The second-order valence-electron chi connectivity index (χ2n) is 12.5. The van der Waals surface area contributed by atoms with E-state index in [1.807, 2.05) is 6.08 Å². The van der Waals surface area contributed by atoms with Gasteiger partial charge in [0.1, 0.15) is 0 Å². The van der Waals surface area contributed by atoms with Gasteiger partial charge >= 0.3 is 0 Å². The fourth-order valence-corrected chi connectivity index (χ4v) is 8.62. The molecule has 0 spiro atoms. The van der Waals surface area contributed by atoms with Crippen LogP contribution in [-0.4, -0.2) is 38.9 Å². The topological polar surface area (TPSA) is 77.8 Å². The number of ketones is 1. The summed E-state index contributed by atoms with van der Waals surface area (Å²) in [6, 6.07) is 0. The number of allylic oxidation sites excluding steroid dienone is 1. The van der Waals surface area contributed by atoms with Crippen LogP contribution >= 0.6 is 0 Å². The highest BCUT2D eigenvalue weighted by molar-refractivity contribution is 5.91. The Morgan fingerprint density at radius 1 is 1.13 bits per heavy atom. The Labute approximate surface area is 188 Å². The van der Waals surface area contributed by atoms with Gasteiger partial charge in [-0.1, -0.05) is 33.3 Å². The van der Waals surface area contributed by atoms with Crippen LogP contribution in [0.3, 0.4) is 0 Å². The third-order valence-corrected chi connectivity index (χ3v) is 10.3. The van der Waals surface area contributed by atoms with Crippen LogP contribution in [-0.2, 0) is 4.79 Å². The summed E-state index contributed by atoms with van der Waals surface area (Å²) in [7, 11) is 0. The van der Waals surface area contributed by atoms with E-state index < -0.39 is 17.8 Å². The summed E-state index contributed by atoms with van der Waals surface area (Å²) in [6.07, 6.45) is 8.47. The molecule has 0 bridgehead atoms. The Kier molecular flexibility index (Phi) is 6.02. The molecule has 0 aromatic heterocycles. The molecule has 0 unspecified atom stereocenters. The summed E-state index contributed by atoms with van der Waals surface area (Å²) in [6.45, 7) is 10.7. The van der Waals surface area contributed by atoms with Gasteiger partial charge in [0.25, 0.3) is 0 Å². The smallest absolute Gasteiger partial charge is 0.155 e. The Morgan fingerprint density at radius 3 is 2.52 bits per heavy atom. The summed E-state index contributed by atoms with van der Waals surface area (Å²) in [4.78, 5) is 12.0. The normalized spacial score (nSPS) is 45.4. The summed E-state index contributed by atoms with van der Waals surface area (Å²) in [5.74, 6) is 1.91. The molecule has 0 aromatic carbocycles. The minimum atomic E-state index is -1.29. The summed E-state index contributed by atoms with van der Waals surface area (Å²) < 4.78 is 0. The molecule has 4 aliphatic rings. The van der Waals surface area contributed by atoms with Gasteiger partial charge in [-0.3, -0.25) is 4.79 Å². The number of hydrogen-bond donors (Lipinski definition) is 3. The maximum Gasteiger partial charge on any atom is 0.155 e. The average Bonchev–Trinajstić information content (AvgIpc) is 2.97. The minimum Gasteiger partial charge on any atom is -0.393 e. The predicted molar refractivity (Wildman–Crippen MR) is 122 cm³/mol. The van der Waals surface area contributed by atoms with Gasteiger partial charge in [-0.15, -0.1) is 0 Å². The third-order valence-electron chi connectivity index (χ3n) is 10.3. The van der Waals surface area contributed by atoms with Gasteiger partial charge in [0.05, 0.1) is 17.8 Å². The molecule has 0 aliphatic heterocycles. The van der Waals surface area contributed by atoms with Gasteiger partial charge < -0.3 is 15.3 Å². The van der Waals surface area contributed by atoms with Crippen molar-refractivity contribution in [1.29, 1.82) is 0 Å². The van der Waals surface area contributed by atoms with Crippen molar-refractivity contribution in [2.45, 2.75) is 110 Å². The van der Waals surface area contributed by atoms with E-state index >= 15 is 0 Å². The zero-order chi connectivity index (χ0) is 22.8. The standard InChI is InChI=1S/C27H44O4/c1-16(2)6-9-23(30)27(5,31)24-22(29)15-21-19-8-7-17-14-18(28)10-12-25(17,3)20(19)11-13-26(21,24)4/h14,16,19-24,29-31H,6-13,15H2,1-5H3/t19-,20+,21+,22+,23+,24+,25+,26+,27+/m1/s1. The van der Waals surface area contributed by atoms with Gasteiger partial charge in [0, 0.05) is 12.3 Å². The van der Waals surface area contributed by atoms with E-state index in [4.69, 9.17) is 0 Å². The van der Waals surface area contributed by atoms with Crippen molar-refractivity contribution in [1.82, 2.24) is 0 Å². The maximum atomic E-state index is 12.0. The van der Waals surface area contributed by atoms with Gasteiger partial charge in [-0.2, -0.15) is 0 Å². The zero-order valence-corrected chi connectivity index (χ0v) is 20.2. The molecule has 9 atom stereocenters. The van der Waals surface area contributed by atoms with Crippen LogP contribution in [0.1, 0.15) is 92.4 Å². The number of aliphatic hydroxyl groups is 3. The van der Waals surface area contributed by atoms with Crippen LogP contribution < -0.4 is 0 Å². The number of fused-ring (bicyclic) bond motifs is 5. The third kappa shape index (κ3) is 3.65. The lowest BCUT2D eigenvalue weighted by molar-refractivity contribution is -0.169. The highest BCUT2D eigenvalue weighted by atomic mass is 16.3. The summed E-state index contributed by atoms with van der Waals surface area (Å²) in [5.41, 5.74) is 0.0246. The molecule has 176 valence electrons. The van der Waals surface area contributed by atoms with Crippen molar-refractivity contribution in [3.8, 4) is 0 Å². The summed E-state index contributed by atoms with van der Waals surface area (Å²) in [5, 5.41) is 33.8. The lowest BCUT2D eigenvalue weighted by Gasteiger charge is -2.59. The maximum absolute atomic E-state index is 12.0. The fraction of sp³-hybridized carbons (Fsp3) is 0.889. The molecule has 0 aromatic rings. The van der Waals surface area contributed by atoms with Crippen molar-refractivity contribution in [3.63, 3.8) is 0 Å². The lowest BCUT2D eigenvalue weighted by atomic mass is 9.46. The zero-order valence-electron chi connectivity index (χ0n) is 20.2. The van der Waals surface area contributed by atoms with Gasteiger partial charge in [0.15, 0.2) is 5.78 Å². The predicted octanol–water partition coefficient (Wildman–Crippen LogP) is 4.65. The first-order chi connectivity index (χ1) is 14.4. The first kappa shape index (κ1) is 23.4. The molecular weight excluding hydrogens is 388 g/mol. The van der Waals surface area contributed by atoms with E-state index in [2.05, 4.69) is 27.7 Å². The van der Waals surface area contributed by atoms with Crippen LogP contribution in [0.4, 0.5) is 0 Å². The Bertz CT molecular complexity index is 740. The SMILES string of the molecule is CC(C)CC[C@H](O)[C@](C)(O)[C@H]1[C@@H](O)C[C@H]2[C@@H]3CCC4=CC(=O)CC[C@]4(C)[C@H]3CC[C@]12C. The highest BCUT2D eigenvalue weighted by Gasteiger charge is 2.65. The Balaban J connectivity index is 1.60. The number of aliphatic hydroxyl groups excluding tert-OH is 2. The molecule has 0 saturated heterocycles. The molecule has 3 N–H and O–H groups in total. The van der Waals surface area contributed by atoms with Gasteiger partial charge in [0.2, 0.25) is 0 Å². The molecule has 3 saturated carbocycles. The van der Waals surface area contributed by atoms with E-state index in [1.165, 1.54) is 5.57 Å². The Morgan fingerprint density at radius 2 is 1.84 bits per heavy atom. The molecule has 31 heavy (non-hydrogen) atoms. The average molecular weight is 433 g/mol. The lowest BCUT2D eigenvalue weighted by Crippen LogP contribution is -2.57. The number of carbonyl (C=O) groups is 1. The van der Waals surface area contributed by atoms with Crippen molar-refractivity contribution >= 4 is 5.78 Å². The van der Waals surface area contributed by atoms with Crippen LogP contribution in [0.15, 0.2) is 11.6 Å². The van der Waals surface area contributed by atoms with Crippen LogP contribution in [0, 0.1) is 40.4 Å². The number of rotatable bonds is 5. The molecule has 0 amide bonds. The van der Waals surface area contributed by atoms with Crippen LogP contribution in [0.25, 0.3) is 0 Å². The fourth-order valence-electron chi connectivity index (χ4n) is 8.62. The van der Waals surface area contributed by atoms with Crippen LogP contribution in [0.5, 0.6) is 0 Å². The van der Waals surface area contributed by atoms with Crippen molar-refractivity contribution in [2.24, 2.45) is 40.4 Å². The Hall–Kier alpha value is -0.710. The molecule has 3 fully saturated rings. The molecule has 4 heteroatoms. The highest BCUT2D eigenvalue weighted by Crippen LogP contribution is 2.68. The van der Waals surface area contributed by atoms with Gasteiger partial charge in [-0.05, 0) is 98.9 Å². The quantitative estimate of drug-likeness (QED) is 0.591. The monoisotopic (exact) mass is 432 g/mol. The van der Waals surface area contributed by atoms with E-state index in [0.29, 0.717) is 36.5 Å². The van der Waals surface area contributed by atoms with Crippen molar-refractivity contribution < 1.29 is 20.1 Å². The van der Waals surface area contributed by atoms with Gasteiger partial charge in [-0.25, -0.2) is 0 Å². The molecule has 4 nitrogen and oxygen atoms in total. The summed E-state index contributed by atoms with van der Waals surface area (Å²) >= 11 is 0. The number of hydrogen-bond acceptors (Lipinski definition) is 4. The van der Waals surface area contributed by atoms with E-state index in [9.17, 15) is 20.1 Å². The largest absolute Gasteiger partial charge is 0.393 e. The molecule has 0 radical (unpaired) electrons. The number of carbonyl (C=O) groups excluding carboxylic acids is 1. The molecule has 0 heterocycles. The first-order valence-corrected chi connectivity index (χ1v) is 12.7. The van der Waals surface area contributed by atoms with E-state index in [1.54, 1.807) is 6.92 Å². The molecule has 4 rings (SSSR count). The second kappa shape index (κ2) is 7.95. The van der Waals surface area contributed by atoms with Crippen molar-refractivity contribution in [3.05, 3.63) is 11.6 Å². The van der Waals surface area contributed by atoms with Crippen LogP contribution in [0.2, 0.25) is 0 Å².